The SMILES string of the molecule is CC(C)CC(=O)C(=O)OC(C)(C)C1CCNCC1. The Labute approximate surface area is 109 Å². The molecular formula is C14H25NO3. The van der Waals surface area contributed by atoms with E-state index in [0.717, 1.165) is 25.9 Å². The first-order valence-electron chi connectivity index (χ1n) is 6.80. The molecule has 0 unspecified atom stereocenters. The maximum absolute atomic E-state index is 11.7. The largest absolute Gasteiger partial charge is 0.454 e. The number of nitrogens with one attached hydrogen (secondary N) is 1. The maximum Gasteiger partial charge on any atom is 0.375 e. The summed E-state index contributed by atoms with van der Waals surface area (Å²) in [6.07, 6.45) is 2.23. The molecule has 0 spiro atoms. The van der Waals surface area contributed by atoms with Crippen LogP contribution in [-0.4, -0.2) is 30.4 Å². The Kier molecular flexibility index (Phi) is 5.32. The minimum absolute atomic E-state index is 0.187. The van der Waals surface area contributed by atoms with Gasteiger partial charge in [-0.3, -0.25) is 4.79 Å². The van der Waals surface area contributed by atoms with Gasteiger partial charge in [0.15, 0.2) is 0 Å². The lowest BCUT2D eigenvalue weighted by Gasteiger charge is -2.36. The molecule has 0 atom stereocenters. The number of Topliss-reactive ketones (excluding diaryl/α,β-unsaturated/α-hetero) is 1. The molecule has 1 rings (SSSR count). The molecule has 0 aromatic rings. The number of ketones is 1. The highest BCUT2D eigenvalue weighted by Gasteiger charge is 2.35. The van der Waals surface area contributed by atoms with Crippen molar-refractivity contribution in [1.82, 2.24) is 5.32 Å². The fourth-order valence-electron chi connectivity index (χ4n) is 2.35. The number of hydrogen-bond acceptors (Lipinski definition) is 4. The van der Waals surface area contributed by atoms with E-state index in [1.54, 1.807) is 0 Å². The molecule has 0 aromatic heterocycles. The number of esters is 1. The number of rotatable bonds is 5. The fraction of sp³-hybridized carbons (Fsp3) is 0.857. The molecule has 0 aromatic carbocycles. The van der Waals surface area contributed by atoms with Crippen LogP contribution in [0.25, 0.3) is 0 Å². The van der Waals surface area contributed by atoms with Crippen LogP contribution in [0.1, 0.15) is 47.0 Å². The lowest BCUT2D eigenvalue weighted by atomic mass is 9.83. The summed E-state index contributed by atoms with van der Waals surface area (Å²) in [7, 11) is 0. The van der Waals surface area contributed by atoms with E-state index in [9.17, 15) is 9.59 Å². The Morgan fingerprint density at radius 2 is 1.83 bits per heavy atom. The van der Waals surface area contributed by atoms with Crippen LogP contribution in [0.4, 0.5) is 0 Å². The number of hydrogen-bond donors (Lipinski definition) is 1. The van der Waals surface area contributed by atoms with Gasteiger partial charge in [0.1, 0.15) is 5.60 Å². The molecule has 0 amide bonds. The molecule has 1 aliphatic rings. The monoisotopic (exact) mass is 255 g/mol. The molecule has 1 saturated heterocycles. The van der Waals surface area contributed by atoms with E-state index < -0.39 is 17.4 Å². The molecule has 0 radical (unpaired) electrons. The zero-order valence-electron chi connectivity index (χ0n) is 11.9. The van der Waals surface area contributed by atoms with E-state index in [1.807, 2.05) is 27.7 Å². The van der Waals surface area contributed by atoms with Gasteiger partial charge in [0, 0.05) is 12.3 Å². The summed E-state index contributed by atoms with van der Waals surface area (Å²) in [4.78, 5) is 23.4. The van der Waals surface area contributed by atoms with Crippen molar-refractivity contribution in [3.63, 3.8) is 0 Å². The molecule has 1 N–H and O–H groups in total. The van der Waals surface area contributed by atoms with Gasteiger partial charge in [0.05, 0.1) is 0 Å². The van der Waals surface area contributed by atoms with Crippen LogP contribution in [0.3, 0.4) is 0 Å². The second-order valence-electron chi connectivity index (χ2n) is 6.04. The van der Waals surface area contributed by atoms with Gasteiger partial charge in [0.2, 0.25) is 5.78 Å². The van der Waals surface area contributed by atoms with Crippen molar-refractivity contribution < 1.29 is 14.3 Å². The van der Waals surface area contributed by atoms with E-state index in [0.29, 0.717) is 5.92 Å². The van der Waals surface area contributed by atoms with Gasteiger partial charge in [-0.2, -0.15) is 0 Å². The summed E-state index contributed by atoms with van der Waals surface area (Å²) in [5.74, 6) is -0.569. The van der Waals surface area contributed by atoms with Crippen molar-refractivity contribution in [2.45, 2.75) is 52.6 Å². The Bertz CT molecular complexity index is 304. The van der Waals surface area contributed by atoms with Crippen molar-refractivity contribution >= 4 is 11.8 Å². The summed E-state index contributed by atoms with van der Waals surface area (Å²) in [5.41, 5.74) is -0.550. The molecular weight excluding hydrogens is 230 g/mol. The zero-order valence-corrected chi connectivity index (χ0v) is 11.9. The number of ether oxygens (including phenoxy) is 1. The topological polar surface area (TPSA) is 55.4 Å². The third-order valence-electron chi connectivity index (χ3n) is 3.50. The van der Waals surface area contributed by atoms with E-state index in [4.69, 9.17) is 4.74 Å². The molecule has 0 bridgehead atoms. The van der Waals surface area contributed by atoms with Gasteiger partial charge in [-0.05, 0) is 45.7 Å². The van der Waals surface area contributed by atoms with Crippen LogP contribution in [-0.2, 0) is 14.3 Å². The fourth-order valence-corrected chi connectivity index (χ4v) is 2.35. The number of carbonyl (C=O) groups excluding carboxylic acids is 2. The van der Waals surface area contributed by atoms with E-state index in [2.05, 4.69) is 5.32 Å². The number of piperidine rings is 1. The molecule has 1 fully saturated rings. The third kappa shape index (κ3) is 4.41. The summed E-state index contributed by atoms with van der Waals surface area (Å²) in [6, 6.07) is 0. The Balaban J connectivity index is 2.53. The highest BCUT2D eigenvalue weighted by molar-refractivity contribution is 6.33. The van der Waals surface area contributed by atoms with Gasteiger partial charge in [-0.25, -0.2) is 4.79 Å². The Morgan fingerprint density at radius 3 is 2.33 bits per heavy atom. The third-order valence-corrected chi connectivity index (χ3v) is 3.50. The van der Waals surface area contributed by atoms with E-state index in [1.165, 1.54) is 0 Å². The smallest absolute Gasteiger partial charge is 0.375 e. The van der Waals surface area contributed by atoms with Crippen molar-refractivity contribution in [3.05, 3.63) is 0 Å². The first-order valence-corrected chi connectivity index (χ1v) is 6.80. The standard InChI is InChI=1S/C14H25NO3/c1-10(2)9-12(16)13(17)18-14(3,4)11-5-7-15-8-6-11/h10-11,15H,5-9H2,1-4H3. The van der Waals surface area contributed by atoms with Gasteiger partial charge in [0.25, 0.3) is 0 Å². The van der Waals surface area contributed by atoms with Crippen molar-refractivity contribution in [3.8, 4) is 0 Å². The Hall–Kier alpha value is -0.900. The van der Waals surface area contributed by atoms with Crippen LogP contribution in [0.5, 0.6) is 0 Å². The molecule has 104 valence electrons. The van der Waals surface area contributed by atoms with Gasteiger partial charge in [-0.15, -0.1) is 0 Å². The Morgan fingerprint density at radius 1 is 1.28 bits per heavy atom. The minimum Gasteiger partial charge on any atom is -0.454 e. The van der Waals surface area contributed by atoms with Crippen molar-refractivity contribution in [2.24, 2.45) is 11.8 Å². The lowest BCUT2D eigenvalue weighted by molar-refractivity contribution is -0.169. The van der Waals surface area contributed by atoms with Gasteiger partial charge < -0.3 is 10.1 Å². The predicted molar refractivity (Wildman–Crippen MR) is 70.2 cm³/mol. The van der Waals surface area contributed by atoms with Crippen LogP contribution < -0.4 is 5.32 Å². The maximum atomic E-state index is 11.7. The highest BCUT2D eigenvalue weighted by Crippen LogP contribution is 2.29. The summed E-state index contributed by atoms with van der Waals surface area (Å²) in [6.45, 7) is 9.55. The summed E-state index contributed by atoms with van der Waals surface area (Å²) >= 11 is 0. The van der Waals surface area contributed by atoms with Crippen LogP contribution >= 0.6 is 0 Å². The average Bonchev–Trinajstić information content (AvgIpc) is 2.28. The molecule has 0 saturated carbocycles. The molecule has 1 heterocycles. The number of carbonyl (C=O) groups is 2. The first-order chi connectivity index (χ1) is 8.33. The minimum atomic E-state index is -0.674. The van der Waals surface area contributed by atoms with E-state index in [-0.39, 0.29) is 12.3 Å². The molecule has 18 heavy (non-hydrogen) atoms. The molecule has 4 nitrogen and oxygen atoms in total. The second kappa shape index (κ2) is 6.32. The summed E-state index contributed by atoms with van der Waals surface area (Å²) < 4.78 is 5.42. The second-order valence-corrected chi connectivity index (χ2v) is 6.04. The van der Waals surface area contributed by atoms with Crippen molar-refractivity contribution in [2.75, 3.05) is 13.1 Å². The predicted octanol–water partition coefficient (Wildman–Crippen LogP) is 1.92. The van der Waals surface area contributed by atoms with Crippen LogP contribution in [0, 0.1) is 11.8 Å². The normalized spacial score (nSPS) is 17.8. The average molecular weight is 255 g/mol. The van der Waals surface area contributed by atoms with Crippen LogP contribution in [0.15, 0.2) is 0 Å². The molecule has 0 aliphatic carbocycles. The molecule has 1 aliphatic heterocycles. The van der Waals surface area contributed by atoms with E-state index >= 15 is 0 Å². The molecule has 4 heteroatoms. The lowest BCUT2D eigenvalue weighted by Crippen LogP contribution is -2.44. The first kappa shape index (κ1) is 15.2. The summed E-state index contributed by atoms with van der Waals surface area (Å²) in [5, 5.41) is 3.28. The van der Waals surface area contributed by atoms with Crippen molar-refractivity contribution in [1.29, 1.82) is 0 Å². The quantitative estimate of drug-likeness (QED) is 0.602. The van der Waals surface area contributed by atoms with Gasteiger partial charge in [-0.1, -0.05) is 13.8 Å². The zero-order chi connectivity index (χ0) is 13.8. The highest BCUT2D eigenvalue weighted by atomic mass is 16.6. The van der Waals surface area contributed by atoms with Crippen LogP contribution in [0.2, 0.25) is 0 Å². The van der Waals surface area contributed by atoms with Gasteiger partial charge >= 0.3 is 5.97 Å².